The van der Waals surface area contributed by atoms with Crippen molar-refractivity contribution in [2.24, 2.45) is 0 Å². The van der Waals surface area contributed by atoms with Crippen LogP contribution in [0.5, 0.6) is 0 Å². The van der Waals surface area contributed by atoms with Crippen molar-refractivity contribution in [1.82, 2.24) is 5.32 Å². The van der Waals surface area contributed by atoms with Gasteiger partial charge in [-0.1, -0.05) is 30.7 Å². The molecule has 1 unspecified atom stereocenters. The maximum absolute atomic E-state index is 13.3. The van der Waals surface area contributed by atoms with Gasteiger partial charge in [-0.25, -0.2) is 4.39 Å². The van der Waals surface area contributed by atoms with Crippen molar-refractivity contribution in [1.29, 1.82) is 0 Å². The van der Waals surface area contributed by atoms with Crippen molar-refractivity contribution >= 4 is 11.6 Å². The van der Waals surface area contributed by atoms with Crippen molar-refractivity contribution in [2.45, 2.75) is 19.4 Å². The normalized spacial score (nSPS) is 12.8. The van der Waals surface area contributed by atoms with Crippen LogP contribution in [0.3, 0.4) is 0 Å². The highest BCUT2D eigenvalue weighted by Crippen LogP contribution is 2.25. The lowest BCUT2D eigenvalue weighted by Crippen LogP contribution is -2.22. The molecule has 1 aromatic carbocycles. The lowest BCUT2D eigenvalue weighted by Gasteiger charge is -2.18. The fourth-order valence-electron chi connectivity index (χ4n) is 1.46. The van der Waals surface area contributed by atoms with Gasteiger partial charge < -0.3 is 10.1 Å². The van der Waals surface area contributed by atoms with Crippen LogP contribution >= 0.6 is 11.6 Å². The Bertz CT molecular complexity index is 333. The van der Waals surface area contributed by atoms with E-state index in [0.717, 1.165) is 12.0 Å². The highest BCUT2D eigenvalue weighted by molar-refractivity contribution is 6.31. The Morgan fingerprint density at radius 1 is 1.50 bits per heavy atom. The van der Waals surface area contributed by atoms with Gasteiger partial charge in [0.05, 0.1) is 17.7 Å². The second-order valence-electron chi connectivity index (χ2n) is 3.56. The molecule has 90 valence electrons. The molecule has 0 aromatic heterocycles. The molecule has 0 saturated heterocycles. The molecule has 0 fully saturated rings. The minimum Gasteiger partial charge on any atom is -0.379 e. The lowest BCUT2D eigenvalue weighted by atomic mass is 10.1. The van der Waals surface area contributed by atoms with E-state index in [1.54, 1.807) is 13.1 Å². The van der Waals surface area contributed by atoms with E-state index in [1.165, 1.54) is 6.07 Å². The third-order valence-corrected chi connectivity index (χ3v) is 2.74. The Morgan fingerprint density at radius 3 is 2.88 bits per heavy atom. The van der Waals surface area contributed by atoms with Gasteiger partial charge in [0.15, 0.2) is 0 Å². The SMILES string of the molecule is CCCOCC(NC)c1cccc(F)c1Cl. The van der Waals surface area contributed by atoms with Crippen molar-refractivity contribution < 1.29 is 9.13 Å². The number of likely N-dealkylation sites (N-methyl/N-ethyl adjacent to an activating group) is 1. The summed E-state index contributed by atoms with van der Waals surface area (Å²) in [4.78, 5) is 0. The maximum Gasteiger partial charge on any atom is 0.142 e. The van der Waals surface area contributed by atoms with Crippen molar-refractivity contribution in [3.8, 4) is 0 Å². The van der Waals surface area contributed by atoms with Crippen LogP contribution in [0.2, 0.25) is 5.02 Å². The molecule has 16 heavy (non-hydrogen) atoms. The average molecular weight is 246 g/mol. The minimum absolute atomic E-state index is 0.0743. The molecule has 1 N–H and O–H groups in total. The molecular formula is C12H17ClFNO. The largest absolute Gasteiger partial charge is 0.379 e. The molecule has 1 atom stereocenters. The van der Waals surface area contributed by atoms with Gasteiger partial charge in [0.25, 0.3) is 0 Å². The van der Waals surface area contributed by atoms with Crippen LogP contribution in [0.25, 0.3) is 0 Å². The third kappa shape index (κ3) is 3.44. The first kappa shape index (κ1) is 13.4. The van der Waals surface area contributed by atoms with Gasteiger partial charge >= 0.3 is 0 Å². The standard InChI is InChI=1S/C12H17ClFNO/c1-3-7-16-8-11(15-2)9-5-4-6-10(14)12(9)13/h4-6,11,15H,3,7-8H2,1-2H3. The molecule has 0 amide bonds. The minimum atomic E-state index is -0.394. The van der Waals surface area contributed by atoms with Crippen molar-refractivity contribution in [3.63, 3.8) is 0 Å². The zero-order valence-electron chi connectivity index (χ0n) is 9.59. The molecule has 0 aliphatic carbocycles. The third-order valence-electron chi connectivity index (χ3n) is 2.34. The second kappa shape index (κ2) is 6.84. The van der Waals surface area contributed by atoms with Crippen LogP contribution in [-0.2, 0) is 4.74 Å². The van der Waals surface area contributed by atoms with E-state index in [2.05, 4.69) is 5.32 Å². The van der Waals surface area contributed by atoms with E-state index in [1.807, 2.05) is 13.0 Å². The van der Waals surface area contributed by atoms with Crippen LogP contribution in [0.1, 0.15) is 24.9 Å². The summed E-state index contributed by atoms with van der Waals surface area (Å²) in [5, 5.41) is 3.24. The van der Waals surface area contributed by atoms with Crippen LogP contribution in [0, 0.1) is 5.82 Å². The van der Waals surface area contributed by atoms with E-state index in [-0.39, 0.29) is 11.1 Å². The average Bonchev–Trinajstić information content (AvgIpc) is 2.29. The smallest absolute Gasteiger partial charge is 0.142 e. The highest BCUT2D eigenvalue weighted by Gasteiger charge is 2.15. The number of halogens is 2. The van der Waals surface area contributed by atoms with Gasteiger partial charge in [-0.15, -0.1) is 0 Å². The van der Waals surface area contributed by atoms with Crippen LogP contribution in [-0.4, -0.2) is 20.3 Å². The summed E-state index contributed by atoms with van der Waals surface area (Å²) in [5.41, 5.74) is 0.736. The van der Waals surface area contributed by atoms with Crippen LogP contribution < -0.4 is 5.32 Å². The first-order chi connectivity index (χ1) is 7.70. The Kier molecular flexibility index (Phi) is 5.74. The molecule has 2 nitrogen and oxygen atoms in total. The van der Waals surface area contributed by atoms with Crippen molar-refractivity contribution in [2.75, 3.05) is 20.3 Å². The van der Waals surface area contributed by atoms with Crippen molar-refractivity contribution in [3.05, 3.63) is 34.6 Å². The summed E-state index contributed by atoms with van der Waals surface area (Å²) < 4.78 is 18.7. The molecule has 1 rings (SSSR count). The predicted molar refractivity (Wildman–Crippen MR) is 64.3 cm³/mol. The summed E-state index contributed by atoms with van der Waals surface area (Å²) >= 11 is 5.91. The molecule has 0 aliphatic rings. The summed E-state index contributed by atoms with van der Waals surface area (Å²) in [6.45, 7) is 3.24. The monoisotopic (exact) mass is 245 g/mol. The summed E-state index contributed by atoms with van der Waals surface area (Å²) in [7, 11) is 1.81. The van der Waals surface area contributed by atoms with Crippen LogP contribution in [0.15, 0.2) is 18.2 Å². The number of hydrogen-bond donors (Lipinski definition) is 1. The fraction of sp³-hybridized carbons (Fsp3) is 0.500. The molecule has 4 heteroatoms. The van der Waals surface area contributed by atoms with E-state index in [4.69, 9.17) is 16.3 Å². The van der Waals surface area contributed by atoms with Gasteiger partial charge in [0.2, 0.25) is 0 Å². The zero-order chi connectivity index (χ0) is 12.0. The first-order valence-electron chi connectivity index (χ1n) is 5.39. The summed E-state index contributed by atoms with van der Waals surface area (Å²) in [6.07, 6.45) is 0.966. The van der Waals surface area contributed by atoms with Gasteiger partial charge in [0, 0.05) is 6.61 Å². The molecular weight excluding hydrogens is 229 g/mol. The molecule has 0 radical (unpaired) electrons. The second-order valence-corrected chi connectivity index (χ2v) is 3.94. The molecule has 0 aliphatic heterocycles. The van der Waals surface area contributed by atoms with E-state index in [0.29, 0.717) is 13.2 Å². The van der Waals surface area contributed by atoms with Gasteiger partial charge in [-0.05, 0) is 25.1 Å². The first-order valence-corrected chi connectivity index (χ1v) is 5.77. The fourth-order valence-corrected chi connectivity index (χ4v) is 1.72. The molecule has 1 aromatic rings. The number of benzene rings is 1. The topological polar surface area (TPSA) is 21.3 Å². The Labute approximate surface area is 101 Å². The summed E-state index contributed by atoms with van der Waals surface area (Å²) in [5.74, 6) is -0.394. The summed E-state index contributed by atoms with van der Waals surface area (Å²) in [6, 6.07) is 4.74. The molecule has 0 bridgehead atoms. The van der Waals surface area contributed by atoms with Gasteiger partial charge in [0.1, 0.15) is 5.82 Å². The predicted octanol–water partition coefficient (Wildman–Crippen LogP) is 3.17. The van der Waals surface area contributed by atoms with Gasteiger partial charge in [-0.3, -0.25) is 0 Å². The number of nitrogens with one attached hydrogen (secondary N) is 1. The van der Waals surface area contributed by atoms with Crippen LogP contribution in [0.4, 0.5) is 4.39 Å². The Hall–Kier alpha value is -0.640. The Balaban J connectivity index is 2.74. The number of hydrogen-bond acceptors (Lipinski definition) is 2. The van der Waals surface area contributed by atoms with E-state index < -0.39 is 5.82 Å². The quantitative estimate of drug-likeness (QED) is 0.778. The molecule has 0 heterocycles. The van der Waals surface area contributed by atoms with E-state index >= 15 is 0 Å². The Morgan fingerprint density at radius 2 is 2.25 bits per heavy atom. The molecule has 0 spiro atoms. The zero-order valence-corrected chi connectivity index (χ0v) is 10.4. The number of ether oxygens (including phenoxy) is 1. The maximum atomic E-state index is 13.3. The van der Waals surface area contributed by atoms with E-state index in [9.17, 15) is 4.39 Å². The van der Waals surface area contributed by atoms with Gasteiger partial charge in [-0.2, -0.15) is 0 Å². The number of rotatable bonds is 6. The molecule has 0 saturated carbocycles. The lowest BCUT2D eigenvalue weighted by molar-refractivity contribution is 0.114. The highest BCUT2D eigenvalue weighted by atomic mass is 35.5.